The van der Waals surface area contributed by atoms with Gasteiger partial charge in [-0.1, -0.05) is 0 Å². The number of thiophene rings is 1. The molecule has 2 rings (SSSR count). The number of rotatable bonds is 5. The van der Waals surface area contributed by atoms with E-state index in [9.17, 15) is 9.59 Å². The van der Waals surface area contributed by atoms with Gasteiger partial charge in [0.1, 0.15) is 11.1 Å². The lowest BCUT2D eigenvalue weighted by atomic mass is 10.2. The predicted molar refractivity (Wildman–Crippen MR) is 90.8 cm³/mol. The van der Waals surface area contributed by atoms with Crippen LogP contribution >= 0.6 is 23.1 Å². The minimum atomic E-state index is -0.962. The van der Waals surface area contributed by atoms with Crippen molar-refractivity contribution in [3.05, 3.63) is 46.8 Å². The van der Waals surface area contributed by atoms with E-state index in [1.807, 2.05) is 24.5 Å². The molecule has 7 heteroatoms. The molecule has 0 fully saturated rings. The number of amides is 1. The van der Waals surface area contributed by atoms with Crippen LogP contribution in [0.15, 0.2) is 40.6 Å². The zero-order chi connectivity index (χ0) is 16.8. The smallest absolute Gasteiger partial charge is 0.338 e. The molecule has 0 bridgehead atoms. The molecule has 1 aromatic carbocycles. The van der Waals surface area contributed by atoms with Gasteiger partial charge in [0, 0.05) is 4.90 Å². The second-order valence-corrected chi connectivity index (χ2v) is 6.34. The molecule has 1 heterocycles. The van der Waals surface area contributed by atoms with Crippen LogP contribution in [0.5, 0.6) is 0 Å². The maximum absolute atomic E-state index is 12.1. The number of anilines is 1. The highest BCUT2D eigenvalue weighted by Crippen LogP contribution is 2.22. The topological polar surface area (TPSA) is 79.2 Å². The minimum Gasteiger partial charge on any atom is -0.449 e. The highest BCUT2D eigenvalue weighted by Gasteiger charge is 2.20. The maximum atomic E-state index is 12.1. The van der Waals surface area contributed by atoms with Crippen LogP contribution in [-0.2, 0) is 9.53 Å². The third-order valence-corrected chi connectivity index (χ3v) is 4.57. The maximum Gasteiger partial charge on any atom is 0.338 e. The molecule has 0 unspecified atom stereocenters. The molecule has 0 aliphatic rings. The highest BCUT2D eigenvalue weighted by atomic mass is 32.2. The molecule has 0 saturated carbocycles. The zero-order valence-corrected chi connectivity index (χ0v) is 14.2. The Kier molecular flexibility index (Phi) is 5.79. The molecule has 118 valence electrons. The summed E-state index contributed by atoms with van der Waals surface area (Å²) in [5.74, 6) is -1.04. The summed E-state index contributed by atoms with van der Waals surface area (Å²) in [5.41, 5.74) is 0.769. The molecule has 0 saturated heterocycles. The van der Waals surface area contributed by atoms with Crippen molar-refractivity contribution in [1.82, 2.24) is 0 Å². The normalized spacial score (nSPS) is 11.3. The van der Waals surface area contributed by atoms with Gasteiger partial charge in [0.05, 0.1) is 11.1 Å². The first-order chi connectivity index (χ1) is 11.0. The van der Waals surface area contributed by atoms with Gasteiger partial charge in [-0.05, 0) is 48.9 Å². The van der Waals surface area contributed by atoms with Crippen LogP contribution in [-0.4, -0.2) is 24.2 Å². The molecule has 0 radical (unpaired) electrons. The quantitative estimate of drug-likeness (QED) is 0.662. The Hall–Kier alpha value is -2.30. The predicted octanol–water partition coefficient (Wildman–Crippen LogP) is 3.53. The summed E-state index contributed by atoms with van der Waals surface area (Å²) >= 11 is 2.81. The molecule has 2 aromatic rings. The van der Waals surface area contributed by atoms with E-state index in [4.69, 9.17) is 10.00 Å². The summed E-state index contributed by atoms with van der Waals surface area (Å²) in [6.07, 6.45) is 0.983. The largest absolute Gasteiger partial charge is 0.449 e. The number of hydrogen-bond donors (Lipinski definition) is 1. The minimum absolute atomic E-state index is 0.384. The Labute approximate surface area is 142 Å². The number of esters is 1. The molecule has 1 N–H and O–H groups in total. The number of benzene rings is 1. The Morgan fingerprint density at radius 1 is 1.30 bits per heavy atom. The summed E-state index contributed by atoms with van der Waals surface area (Å²) in [6, 6.07) is 10.5. The SMILES string of the molecule is CSc1ccc(C(=O)O[C@H](C)C(=O)Nc2sccc2C#N)cc1. The number of carbonyl (C=O) groups is 2. The third-order valence-electron chi connectivity index (χ3n) is 3.00. The summed E-state index contributed by atoms with van der Waals surface area (Å²) in [5, 5.41) is 13.7. The van der Waals surface area contributed by atoms with Crippen molar-refractivity contribution >= 4 is 40.0 Å². The van der Waals surface area contributed by atoms with E-state index in [1.165, 1.54) is 18.3 Å². The van der Waals surface area contributed by atoms with Crippen molar-refractivity contribution in [2.45, 2.75) is 17.9 Å². The number of nitriles is 1. The number of nitrogens with one attached hydrogen (secondary N) is 1. The van der Waals surface area contributed by atoms with E-state index in [2.05, 4.69) is 5.32 Å². The summed E-state index contributed by atoms with van der Waals surface area (Å²) < 4.78 is 5.16. The van der Waals surface area contributed by atoms with E-state index in [1.54, 1.807) is 35.3 Å². The van der Waals surface area contributed by atoms with Gasteiger partial charge >= 0.3 is 5.97 Å². The Morgan fingerprint density at radius 2 is 2.00 bits per heavy atom. The summed E-state index contributed by atoms with van der Waals surface area (Å²) in [7, 11) is 0. The van der Waals surface area contributed by atoms with Crippen molar-refractivity contribution in [2.75, 3.05) is 11.6 Å². The van der Waals surface area contributed by atoms with Crippen molar-refractivity contribution in [3.8, 4) is 6.07 Å². The molecule has 0 aliphatic heterocycles. The van der Waals surface area contributed by atoms with Crippen LogP contribution in [0.2, 0.25) is 0 Å². The molecular formula is C16H14N2O3S2. The molecule has 0 aliphatic carbocycles. The Bertz CT molecular complexity index is 747. The lowest BCUT2D eigenvalue weighted by molar-refractivity contribution is -0.123. The summed E-state index contributed by atoms with van der Waals surface area (Å²) in [4.78, 5) is 25.1. The fraction of sp³-hybridized carbons (Fsp3) is 0.188. The van der Waals surface area contributed by atoms with E-state index in [0.717, 1.165) is 4.90 Å². The molecule has 23 heavy (non-hydrogen) atoms. The van der Waals surface area contributed by atoms with E-state index in [0.29, 0.717) is 16.1 Å². The van der Waals surface area contributed by atoms with Gasteiger partial charge in [-0.15, -0.1) is 23.1 Å². The monoisotopic (exact) mass is 346 g/mol. The van der Waals surface area contributed by atoms with Gasteiger partial charge in [-0.3, -0.25) is 4.79 Å². The molecule has 1 atom stereocenters. The average molecular weight is 346 g/mol. The van der Waals surface area contributed by atoms with Gasteiger partial charge in [-0.25, -0.2) is 4.79 Å². The zero-order valence-electron chi connectivity index (χ0n) is 12.5. The van der Waals surface area contributed by atoms with Gasteiger partial charge < -0.3 is 10.1 Å². The number of ether oxygens (including phenoxy) is 1. The number of hydrogen-bond acceptors (Lipinski definition) is 6. The van der Waals surface area contributed by atoms with Crippen LogP contribution in [0.4, 0.5) is 5.00 Å². The second kappa shape index (κ2) is 7.81. The molecular weight excluding hydrogens is 332 g/mol. The van der Waals surface area contributed by atoms with E-state index < -0.39 is 18.0 Å². The standard InChI is InChI=1S/C16H14N2O3S2/c1-10(14(19)18-15-12(9-17)7-8-23-15)21-16(20)11-3-5-13(22-2)6-4-11/h3-8,10H,1-2H3,(H,18,19)/t10-/m1/s1. The van der Waals surface area contributed by atoms with Crippen LogP contribution in [0.3, 0.4) is 0 Å². The van der Waals surface area contributed by atoms with E-state index in [-0.39, 0.29) is 0 Å². The summed E-state index contributed by atoms with van der Waals surface area (Å²) in [6.45, 7) is 1.49. The van der Waals surface area contributed by atoms with Crippen LogP contribution in [0.1, 0.15) is 22.8 Å². The van der Waals surface area contributed by atoms with Crippen molar-refractivity contribution < 1.29 is 14.3 Å². The Morgan fingerprint density at radius 3 is 2.61 bits per heavy atom. The van der Waals surface area contributed by atoms with E-state index >= 15 is 0 Å². The van der Waals surface area contributed by atoms with Gasteiger partial charge in [0.2, 0.25) is 0 Å². The molecule has 1 aromatic heterocycles. The van der Waals surface area contributed by atoms with Crippen LogP contribution in [0, 0.1) is 11.3 Å². The van der Waals surface area contributed by atoms with Gasteiger partial charge in [-0.2, -0.15) is 5.26 Å². The Balaban J connectivity index is 1.97. The number of carbonyl (C=O) groups excluding carboxylic acids is 2. The molecule has 1 amide bonds. The first kappa shape index (κ1) is 17.1. The van der Waals surface area contributed by atoms with Crippen LogP contribution < -0.4 is 5.32 Å². The first-order valence-electron chi connectivity index (χ1n) is 6.68. The first-order valence-corrected chi connectivity index (χ1v) is 8.79. The molecule has 5 nitrogen and oxygen atoms in total. The van der Waals surface area contributed by atoms with Gasteiger partial charge in [0.15, 0.2) is 6.10 Å². The fourth-order valence-corrected chi connectivity index (χ4v) is 2.87. The fourth-order valence-electron chi connectivity index (χ4n) is 1.72. The van der Waals surface area contributed by atoms with Crippen molar-refractivity contribution in [2.24, 2.45) is 0 Å². The number of nitrogens with zero attached hydrogens (tertiary/aromatic N) is 1. The number of thioether (sulfide) groups is 1. The second-order valence-electron chi connectivity index (χ2n) is 4.54. The van der Waals surface area contributed by atoms with Crippen molar-refractivity contribution in [1.29, 1.82) is 5.26 Å². The lowest BCUT2D eigenvalue weighted by Gasteiger charge is -2.13. The molecule has 0 spiro atoms. The highest BCUT2D eigenvalue weighted by molar-refractivity contribution is 7.98. The van der Waals surface area contributed by atoms with Crippen molar-refractivity contribution in [3.63, 3.8) is 0 Å². The third kappa shape index (κ3) is 4.34. The van der Waals surface area contributed by atoms with Crippen LogP contribution in [0.25, 0.3) is 0 Å². The average Bonchev–Trinajstić information content (AvgIpc) is 3.01. The van der Waals surface area contributed by atoms with Gasteiger partial charge in [0.25, 0.3) is 5.91 Å². The lowest BCUT2D eigenvalue weighted by Crippen LogP contribution is -2.29.